The number of carbonyl (C=O) groups is 1. The Labute approximate surface area is 158 Å². The number of fused-ring (bicyclic) bond motifs is 1. The van der Waals surface area contributed by atoms with Crippen molar-refractivity contribution in [2.24, 2.45) is 0 Å². The summed E-state index contributed by atoms with van der Waals surface area (Å²) in [7, 11) is 0. The molecule has 1 aromatic carbocycles. The quantitative estimate of drug-likeness (QED) is 0.726. The highest BCUT2D eigenvalue weighted by atomic mass is 16.1. The fourth-order valence-electron chi connectivity index (χ4n) is 3.49. The van der Waals surface area contributed by atoms with Crippen LogP contribution in [0.5, 0.6) is 0 Å². The van der Waals surface area contributed by atoms with Crippen molar-refractivity contribution in [2.45, 2.75) is 13.3 Å². The molecule has 0 radical (unpaired) electrons. The molecule has 1 aliphatic rings. The van der Waals surface area contributed by atoms with Gasteiger partial charge in [0.15, 0.2) is 11.6 Å². The van der Waals surface area contributed by atoms with Crippen LogP contribution in [0.15, 0.2) is 42.6 Å². The Hall–Kier alpha value is -2.93. The van der Waals surface area contributed by atoms with Crippen molar-refractivity contribution in [3.8, 4) is 0 Å². The maximum Gasteiger partial charge on any atom is 0.230 e. The molecule has 3 aromatic rings. The van der Waals surface area contributed by atoms with Crippen LogP contribution in [0.2, 0.25) is 0 Å². The van der Waals surface area contributed by atoms with Crippen molar-refractivity contribution in [3.63, 3.8) is 0 Å². The van der Waals surface area contributed by atoms with Crippen molar-refractivity contribution < 1.29 is 4.79 Å². The number of likely N-dealkylation sites (N-methyl/N-ethyl adjacent to an activating group) is 1. The Morgan fingerprint density at radius 3 is 2.67 bits per heavy atom. The number of aromatic amines is 1. The zero-order chi connectivity index (χ0) is 18.6. The Kier molecular flexibility index (Phi) is 5.02. The molecule has 0 saturated carbocycles. The highest BCUT2D eigenvalue weighted by Crippen LogP contribution is 2.19. The molecular formula is C20H24N6O. The SMILES string of the molecule is CCN1CCN(c2ccc(NC(=O)Cc3c[nH]c4ccccc34)nn2)CC1. The molecule has 1 fully saturated rings. The molecule has 7 nitrogen and oxygen atoms in total. The Morgan fingerprint density at radius 1 is 1.11 bits per heavy atom. The number of amides is 1. The minimum atomic E-state index is -0.0987. The third-order valence-corrected chi connectivity index (χ3v) is 5.09. The molecule has 4 rings (SSSR count). The number of anilines is 2. The van der Waals surface area contributed by atoms with E-state index >= 15 is 0 Å². The summed E-state index contributed by atoms with van der Waals surface area (Å²) in [6.07, 6.45) is 2.18. The number of nitrogens with one attached hydrogen (secondary N) is 2. The van der Waals surface area contributed by atoms with E-state index in [2.05, 4.69) is 37.2 Å². The van der Waals surface area contributed by atoms with E-state index < -0.39 is 0 Å². The standard InChI is InChI=1S/C20H24N6O/c1-2-25-9-11-26(12-10-25)19-8-7-18(23-24-19)22-20(27)13-15-14-21-17-6-4-3-5-16(15)17/h3-8,14,21H,2,9-13H2,1H3,(H,22,23,27). The average Bonchev–Trinajstić information content (AvgIpc) is 3.11. The van der Waals surface area contributed by atoms with E-state index in [0.29, 0.717) is 12.2 Å². The summed E-state index contributed by atoms with van der Waals surface area (Å²) in [6.45, 7) is 7.26. The molecule has 0 unspecified atom stereocenters. The van der Waals surface area contributed by atoms with Crippen molar-refractivity contribution in [2.75, 3.05) is 42.9 Å². The zero-order valence-electron chi connectivity index (χ0n) is 15.5. The summed E-state index contributed by atoms with van der Waals surface area (Å²) in [5.74, 6) is 1.24. The number of benzene rings is 1. The van der Waals surface area contributed by atoms with E-state index in [1.165, 1.54) is 0 Å². The monoisotopic (exact) mass is 364 g/mol. The fraction of sp³-hybridized carbons (Fsp3) is 0.350. The first-order chi connectivity index (χ1) is 13.2. The number of hydrogen-bond acceptors (Lipinski definition) is 5. The second-order valence-corrected chi connectivity index (χ2v) is 6.78. The van der Waals surface area contributed by atoms with Crippen LogP contribution in [-0.4, -0.2) is 58.7 Å². The summed E-state index contributed by atoms with van der Waals surface area (Å²) in [5, 5.41) is 12.4. The third kappa shape index (κ3) is 3.93. The van der Waals surface area contributed by atoms with Crippen LogP contribution < -0.4 is 10.2 Å². The van der Waals surface area contributed by atoms with Gasteiger partial charge in [-0.05, 0) is 30.3 Å². The molecule has 140 valence electrons. The molecule has 1 saturated heterocycles. The van der Waals surface area contributed by atoms with E-state index in [4.69, 9.17) is 0 Å². The molecule has 1 aliphatic heterocycles. The molecule has 0 atom stereocenters. The first kappa shape index (κ1) is 17.5. The number of aromatic nitrogens is 3. The number of nitrogens with zero attached hydrogens (tertiary/aromatic N) is 4. The van der Waals surface area contributed by atoms with E-state index in [0.717, 1.165) is 55.0 Å². The van der Waals surface area contributed by atoms with Gasteiger partial charge in [-0.1, -0.05) is 25.1 Å². The van der Waals surface area contributed by atoms with Gasteiger partial charge in [-0.15, -0.1) is 10.2 Å². The molecule has 1 amide bonds. The summed E-state index contributed by atoms with van der Waals surface area (Å²) in [6, 6.07) is 11.7. The van der Waals surface area contributed by atoms with E-state index in [9.17, 15) is 4.79 Å². The largest absolute Gasteiger partial charge is 0.361 e. The topological polar surface area (TPSA) is 77.1 Å². The fourth-order valence-corrected chi connectivity index (χ4v) is 3.49. The maximum atomic E-state index is 12.4. The highest BCUT2D eigenvalue weighted by Gasteiger charge is 2.17. The van der Waals surface area contributed by atoms with E-state index in [-0.39, 0.29) is 5.91 Å². The number of carbonyl (C=O) groups excluding carboxylic acids is 1. The van der Waals surface area contributed by atoms with Crippen LogP contribution in [0.4, 0.5) is 11.6 Å². The minimum Gasteiger partial charge on any atom is -0.361 e. The summed E-state index contributed by atoms with van der Waals surface area (Å²) < 4.78 is 0. The van der Waals surface area contributed by atoms with Crippen LogP contribution in [0, 0.1) is 0 Å². The van der Waals surface area contributed by atoms with Gasteiger partial charge < -0.3 is 20.1 Å². The van der Waals surface area contributed by atoms with Gasteiger partial charge in [0.25, 0.3) is 0 Å². The van der Waals surface area contributed by atoms with Gasteiger partial charge in [-0.2, -0.15) is 0 Å². The van der Waals surface area contributed by atoms with Crippen molar-refractivity contribution in [1.82, 2.24) is 20.1 Å². The van der Waals surface area contributed by atoms with Gasteiger partial charge in [-0.25, -0.2) is 0 Å². The first-order valence-corrected chi connectivity index (χ1v) is 9.39. The third-order valence-electron chi connectivity index (χ3n) is 5.09. The second kappa shape index (κ2) is 7.75. The van der Waals surface area contributed by atoms with Gasteiger partial charge in [0.2, 0.25) is 5.91 Å². The molecule has 0 spiro atoms. The Morgan fingerprint density at radius 2 is 1.93 bits per heavy atom. The van der Waals surface area contributed by atoms with Crippen molar-refractivity contribution >= 4 is 28.4 Å². The van der Waals surface area contributed by atoms with Crippen LogP contribution in [0.25, 0.3) is 10.9 Å². The first-order valence-electron chi connectivity index (χ1n) is 9.39. The van der Waals surface area contributed by atoms with Crippen molar-refractivity contribution in [3.05, 3.63) is 48.2 Å². The van der Waals surface area contributed by atoms with Crippen LogP contribution in [0.1, 0.15) is 12.5 Å². The molecule has 0 aliphatic carbocycles. The van der Waals surface area contributed by atoms with Gasteiger partial charge in [0.05, 0.1) is 6.42 Å². The van der Waals surface area contributed by atoms with Crippen LogP contribution >= 0.6 is 0 Å². The van der Waals surface area contributed by atoms with Crippen LogP contribution in [-0.2, 0) is 11.2 Å². The lowest BCUT2D eigenvalue weighted by atomic mass is 10.1. The van der Waals surface area contributed by atoms with Gasteiger partial charge in [-0.3, -0.25) is 4.79 Å². The molecule has 7 heteroatoms. The number of hydrogen-bond donors (Lipinski definition) is 2. The van der Waals surface area contributed by atoms with Gasteiger partial charge in [0, 0.05) is 43.3 Å². The molecular weight excluding hydrogens is 340 g/mol. The highest BCUT2D eigenvalue weighted by molar-refractivity contribution is 5.95. The number of piperazine rings is 1. The molecule has 0 bridgehead atoms. The molecule has 27 heavy (non-hydrogen) atoms. The normalized spacial score (nSPS) is 15.2. The van der Waals surface area contributed by atoms with Gasteiger partial charge >= 0.3 is 0 Å². The molecule has 2 aromatic heterocycles. The average molecular weight is 364 g/mol. The summed E-state index contributed by atoms with van der Waals surface area (Å²) >= 11 is 0. The second-order valence-electron chi connectivity index (χ2n) is 6.78. The van der Waals surface area contributed by atoms with E-state index in [1.54, 1.807) is 0 Å². The lowest BCUT2D eigenvalue weighted by molar-refractivity contribution is -0.115. The minimum absolute atomic E-state index is 0.0987. The predicted molar refractivity (Wildman–Crippen MR) is 107 cm³/mol. The van der Waals surface area contributed by atoms with Gasteiger partial charge in [0.1, 0.15) is 0 Å². The lowest BCUT2D eigenvalue weighted by Crippen LogP contribution is -2.46. The van der Waals surface area contributed by atoms with Crippen LogP contribution in [0.3, 0.4) is 0 Å². The smallest absolute Gasteiger partial charge is 0.230 e. The summed E-state index contributed by atoms with van der Waals surface area (Å²) in [5.41, 5.74) is 2.01. The van der Waals surface area contributed by atoms with E-state index in [1.807, 2.05) is 42.6 Å². The predicted octanol–water partition coefficient (Wildman–Crippen LogP) is 2.28. The zero-order valence-corrected chi connectivity index (χ0v) is 15.5. The van der Waals surface area contributed by atoms with Crippen molar-refractivity contribution in [1.29, 1.82) is 0 Å². The lowest BCUT2D eigenvalue weighted by Gasteiger charge is -2.34. The number of H-pyrrole nitrogens is 1. The summed E-state index contributed by atoms with van der Waals surface area (Å²) in [4.78, 5) is 20.2. The number of rotatable bonds is 5. The Bertz CT molecular complexity index is 912. The number of para-hydroxylation sites is 1. The molecule has 2 N–H and O–H groups in total. The molecule has 3 heterocycles. The Balaban J connectivity index is 1.36. The maximum absolute atomic E-state index is 12.4.